The minimum atomic E-state index is -1.18. The fourth-order valence-electron chi connectivity index (χ4n) is 2.13. The van der Waals surface area contributed by atoms with E-state index in [0.29, 0.717) is 21.6 Å². The molecule has 0 saturated carbocycles. The predicted molar refractivity (Wildman–Crippen MR) is 79.3 cm³/mol. The van der Waals surface area contributed by atoms with Gasteiger partial charge in [0.1, 0.15) is 0 Å². The lowest BCUT2D eigenvalue weighted by Crippen LogP contribution is -2.52. The van der Waals surface area contributed by atoms with Gasteiger partial charge in [0.25, 0.3) is 5.91 Å². The van der Waals surface area contributed by atoms with Crippen molar-refractivity contribution < 1.29 is 9.82 Å². The Balaban J connectivity index is 1.99. The van der Waals surface area contributed by atoms with Gasteiger partial charge >= 0.3 is 7.05 Å². The lowest BCUT2D eigenvalue weighted by Gasteiger charge is -2.25. The number of fused-ring (bicyclic) bond motifs is 1. The molecule has 0 radical (unpaired) electrons. The van der Waals surface area contributed by atoms with Gasteiger partial charge < -0.3 is 5.02 Å². The van der Waals surface area contributed by atoms with Crippen molar-refractivity contribution in [1.82, 2.24) is 4.92 Å². The number of halogens is 1. The van der Waals surface area contributed by atoms with Gasteiger partial charge in [0.2, 0.25) is 0 Å². The minimum Gasteiger partial charge on any atom is -0.427 e. The molecule has 0 saturated heterocycles. The van der Waals surface area contributed by atoms with Crippen LogP contribution < -0.4 is 5.46 Å². The maximum Gasteiger partial charge on any atom is 0.476 e. The summed E-state index contributed by atoms with van der Waals surface area (Å²) >= 11 is 6.09. The van der Waals surface area contributed by atoms with E-state index in [1.807, 2.05) is 6.07 Å². The number of hydrogen-bond acceptors (Lipinski definition) is 3. The van der Waals surface area contributed by atoms with Gasteiger partial charge in [-0.1, -0.05) is 41.9 Å². The summed E-state index contributed by atoms with van der Waals surface area (Å²) in [6.07, 6.45) is 1.52. The van der Waals surface area contributed by atoms with E-state index in [-0.39, 0.29) is 5.91 Å². The lowest BCUT2D eigenvalue weighted by atomic mass is 9.69. The van der Waals surface area contributed by atoms with Gasteiger partial charge in [0.15, 0.2) is 0 Å². The molecular weight excluding hydrogens is 274 g/mol. The highest BCUT2D eigenvalue weighted by Crippen LogP contribution is 2.15. The quantitative estimate of drug-likeness (QED) is 0.807. The number of carbonyl (C=O) groups excluding carboxylic acids is 1. The van der Waals surface area contributed by atoms with Crippen molar-refractivity contribution in [2.75, 3.05) is 0 Å². The second-order valence-corrected chi connectivity index (χ2v) is 4.78. The molecule has 2 aromatic rings. The molecule has 0 aromatic heterocycles. The van der Waals surface area contributed by atoms with E-state index in [2.05, 4.69) is 5.10 Å². The lowest BCUT2D eigenvalue weighted by molar-refractivity contribution is 0.0846. The summed E-state index contributed by atoms with van der Waals surface area (Å²) in [5, 5.41) is 14.8. The third-order valence-corrected chi connectivity index (χ3v) is 3.46. The standard InChI is InChI=1S/C14H10BClN2O2/c16-12-8-4-7-11-9-17-18(15(20)13(11)12)14(19)10-5-2-1-3-6-10/h1-9,20H. The Hall–Kier alpha value is -2.11. The van der Waals surface area contributed by atoms with Crippen LogP contribution in [0.1, 0.15) is 15.9 Å². The number of benzene rings is 2. The molecule has 1 heterocycles. The average Bonchev–Trinajstić information content (AvgIpc) is 2.48. The normalized spacial score (nSPS) is 13.3. The first-order chi connectivity index (χ1) is 9.68. The highest BCUT2D eigenvalue weighted by Gasteiger charge is 2.35. The second-order valence-electron chi connectivity index (χ2n) is 4.38. The fraction of sp³-hybridized carbons (Fsp3) is 0. The molecule has 2 aromatic carbocycles. The number of hydrogen-bond donors (Lipinski definition) is 1. The number of amides is 1. The van der Waals surface area contributed by atoms with E-state index >= 15 is 0 Å². The van der Waals surface area contributed by atoms with Crippen molar-refractivity contribution in [2.24, 2.45) is 5.10 Å². The first-order valence-corrected chi connectivity index (χ1v) is 6.45. The summed E-state index contributed by atoms with van der Waals surface area (Å²) < 4.78 is 0. The summed E-state index contributed by atoms with van der Waals surface area (Å²) in [5.41, 5.74) is 1.66. The van der Waals surface area contributed by atoms with Crippen molar-refractivity contribution in [1.29, 1.82) is 0 Å². The van der Waals surface area contributed by atoms with Crippen LogP contribution in [0.2, 0.25) is 5.02 Å². The Bertz CT molecular complexity index is 691. The fourth-order valence-corrected chi connectivity index (χ4v) is 2.40. The van der Waals surface area contributed by atoms with Gasteiger partial charge in [0, 0.05) is 16.0 Å². The van der Waals surface area contributed by atoms with Crippen molar-refractivity contribution in [3.05, 3.63) is 64.7 Å². The molecule has 20 heavy (non-hydrogen) atoms. The molecule has 0 aliphatic carbocycles. The zero-order chi connectivity index (χ0) is 14.1. The van der Waals surface area contributed by atoms with Crippen LogP contribution in [0.15, 0.2) is 53.6 Å². The SMILES string of the molecule is O=C(c1ccccc1)N1N=Cc2cccc(Cl)c2B1O. The molecule has 0 atom stereocenters. The van der Waals surface area contributed by atoms with E-state index in [9.17, 15) is 9.82 Å². The smallest absolute Gasteiger partial charge is 0.427 e. The van der Waals surface area contributed by atoms with E-state index in [1.54, 1.807) is 42.5 Å². The summed E-state index contributed by atoms with van der Waals surface area (Å²) in [6, 6.07) is 13.9. The van der Waals surface area contributed by atoms with Gasteiger partial charge in [-0.15, -0.1) is 0 Å². The van der Waals surface area contributed by atoms with E-state index < -0.39 is 7.05 Å². The molecule has 3 rings (SSSR count). The van der Waals surface area contributed by atoms with Crippen LogP contribution in [0.25, 0.3) is 0 Å². The van der Waals surface area contributed by atoms with Crippen LogP contribution in [-0.4, -0.2) is 29.1 Å². The molecular formula is C14H10BClN2O2. The predicted octanol–water partition coefficient (Wildman–Crippen LogP) is 1.52. The highest BCUT2D eigenvalue weighted by molar-refractivity contribution is 6.70. The Labute approximate surface area is 121 Å². The van der Waals surface area contributed by atoms with Crippen molar-refractivity contribution in [2.45, 2.75) is 0 Å². The van der Waals surface area contributed by atoms with Crippen molar-refractivity contribution in [3.63, 3.8) is 0 Å². The molecule has 98 valence electrons. The first kappa shape index (κ1) is 12.9. The average molecular weight is 285 g/mol. The van der Waals surface area contributed by atoms with Gasteiger partial charge in [-0.3, -0.25) is 4.79 Å². The number of rotatable bonds is 1. The summed E-state index contributed by atoms with van der Waals surface area (Å²) in [7, 11) is -1.18. The molecule has 1 amide bonds. The van der Waals surface area contributed by atoms with Crippen LogP contribution >= 0.6 is 11.6 Å². The van der Waals surface area contributed by atoms with E-state index in [4.69, 9.17) is 11.6 Å². The largest absolute Gasteiger partial charge is 0.476 e. The van der Waals surface area contributed by atoms with Crippen LogP contribution in [0.5, 0.6) is 0 Å². The van der Waals surface area contributed by atoms with Gasteiger partial charge in [0.05, 0.1) is 6.21 Å². The highest BCUT2D eigenvalue weighted by atomic mass is 35.5. The third-order valence-electron chi connectivity index (χ3n) is 3.13. The molecule has 0 fully saturated rings. The summed E-state index contributed by atoms with van der Waals surface area (Å²) in [5.74, 6) is -0.375. The zero-order valence-electron chi connectivity index (χ0n) is 10.4. The van der Waals surface area contributed by atoms with Gasteiger partial charge in [-0.2, -0.15) is 5.10 Å². The second kappa shape index (κ2) is 5.11. The molecule has 4 nitrogen and oxygen atoms in total. The van der Waals surface area contributed by atoms with Crippen LogP contribution in [0, 0.1) is 0 Å². The Morgan fingerprint density at radius 3 is 2.65 bits per heavy atom. The van der Waals surface area contributed by atoms with E-state index in [1.165, 1.54) is 6.21 Å². The Morgan fingerprint density at radius 2 is 1.90 bits per heavy atom. The van der Waals surface area contributed by atoms with Crippen LogP contribution in [-0.2, 0) is 0 Å². The monoisotopic (exact) mass is 284 g/mol. The molecule has 0 unspecified atom stereocenters. The molecule has 0 spiro atoms. The molecule has 6 heteroatoms. The Morgan fingerprint density at radius 1 is 1.15 bits per heavy atom. The van der Waals surface area contributed by atoms with Crippen molar-refractivity contribution >= 4 is 36.2 Å². The summed E-state index contributed by atoms with van der Waals surface area (Å²) in [6.45, 7) is 0. The zero-order valence-corrected chi connectivity index (χ0v) is 11.2. The van der Waals surface area contributed by atoms with Crippen LogP contribution in [0.4, 0.5) is 0 Å². The molecule has 1 N–H and O–H groups in total. The molecule has 1 aliphatic heterocycles. The first-order valence-electron chi connectivity index (χ1n) is 6.07. The topological polar surface area (TPSA) is 52.9 Å². The Kier molecular flexibility index (Phi) is 3.30. The van der Waals surface area contributed by atoms with Gasteiger partial charge in [-0.05, 0) is 23.8 Å². The third kappa shape index (κ3) is 2.11. The van der Waals surface area contributed by atoms with E-state index in [0.717, 1.165) is 4.92 Å². The maximum atomic E-state index is 12.3. The number of carbonyl (C=O) groups is 1. The van der Waals surface area contributed by atoms with Gasteiger partial charge in [-0.25, -0.2) is 4.92 Å². The number of hydrazone groups is 1. The summed E-state index contributed by atoms with van der Waals surface area (Å²) in [4.78, 5) is 13.4. The van der Waals surface area contributed by atoms with Crippen molar-refractivity contribution in [3.8, 4) is 0 Å². The van der Waals surface area contributed by atoms with Crippen LogP contribution in [0.3, 0.4) is 0 Å². The number of nitrogens with zero attached hydrogens (tertiary/aromatic N) is 2. The molecule has 1 aliphatic rings. The molecule has 0 bridgehead atoms. The minimum absolute atomic E-state index is 0.375. The maximum absolute atomic E-state index is 12.3.